The van der Waals surface area contributed by atoms with E-state index in [2.05, 4.69) is 20.4 Å². The number of aromatic nitrogens is 3. The minimum Gasteiger partial charge on any atom is -0.507 e. The molecular formula is C35H31ClN4O10. The van der Waals surface area contributed by atoms with Crippen molar-refractivity contribution in [2.45, 2.75) is 37.7 Å². The zero-order chi connectivity index (χ0) is 35.2. The van der Waals surface area contributed by atoms with Gasteiger partial charge in [0.1, 0.15) is 22.1 Å². The van der Waals surface area contributed by atoms with Crippen LogP contribution in [-0.2, 0) is 16.0 Å². The summed E-state index contributed by atoms with van der Waals surface area (Å²) in [7, 11) is 2.78. The van der Waals surface area contributed by atoms with Crippen molar-refractivity contribution in [2.75, 3.05) is 27.6 Å². The maximum Gasteiger partial charge on any atom is 0.231 e. The fourth-order valence-electron chi connectivity index (χ4n) is 6.59. The number of carbonyl (C=O) groups excluding carboxylic acids is 3. The van der Waals surface area contributed by atoms with E-state index in [1.165, 1.54) is 20.3 Å². The highest BCUT2D eigenvalue weighted by molar-refractivity contribution is 6.35. The zero-order valence-corrected chi connectivity index (χ0v) is 27.9. The Morgan fingerprint density at radius 2 is 1.94 bits per heavy atom. The summed E-state index contributed by atoms with van der Waals surface area (Å²) < 4.78 is 33.5. The van der Waals surface area contributed by atoms with Crippen molar-refractivity contribution in [1.82, 2.24) is 20.4 Å². The van der Waals surface area contributed by atoms with Crippen molar-refractivity contribution in [1.29, 1.82) is 0 Å². The van der Waals surface area contributed by atoms with Crippen LogP contribution in [0.5, 0.6) is 28.7 Å². The fourth-order valence-corrected chi connectivity index (χ4v) is 6.85. The number of ketones is 2. The van der Waals surface area contributed by atoms with Crippen molar-refractivity contribution in [3.63, 3.8) is 0 Å². The fraction of sp³-hybridized carbons (Fsp3) is 0.314. The number of pyridine rings is 1. The number of rotatable bonds is 10. The van der Waals surface area contributed by atoms with Gasteiger partial charge < -0.3 is 38.6 Å². The second kappa shape index (κ2) is 13.0. The smallest absolute Gasteiger partial charge is 0.231 e. The molecule has 1 spiro atoms. The van der Waals surface area contributed by atoms with Crippen molar-refractivity contribution in [2.24, 2.45) is 5.92 Å². The molecule has 0 saturated carbocycles. The Morgan fingerprint density at radius 1 is 1.14 bits per heavy atom. The first-order valence-electron chi connectivity index (χ1n) is 15.7. The molecule has 2 aromatic heterocycles. The maximum atomic E-state index is 14.3. The Hall–Kier alpha value is -5.63. The van der Waals surface area contributed by atoms with E-state index in [9.17, 15) is 19.5 Å². The van der Waals surface area contributed by atoms with Gasteiger partial charge in [0.2, 0.25) is 35.8 Å². The summed E-state index contributed by atoms with van der Waals surface area (Å²) in [6.07, 6.45) is 3.02. The van der Waals surface area contributed by atoms with Crippen LogP contribution in [0.2, 0.25) is 5.02 Å². The van der Waals surface area contributed by atoms with Crippen LogP contribution in [0.1, 0.15) is 47.5 Å². The van der Waals surface area contributed by atoms with E-state index >= 15 is 0 Å². The summed E-state index contributed by atoms with van der Waals surface area (Å²) in [6.45, 7) is 1.77. The molecule has 0 bridgehead atoms. The first-order valence-corrected chi connectivity index (χ1v) is 16.1. The highest BCUT2D eigenvalue weighted by atomic mass is 35.5. The van der Waals surface area contributed by atoms with Gasteiger partial charge in [-0.3, -0.25) is 19.4 Å². The first-order chi connectivity index (χ1) is 24.2. The molecule has 3 atom stereocenters. The van der Waals surface area contributed by atoms with Crippen LogP contribution in [0, 0.1) is 5.92 Å². The standard InChI is InChI=1S/C35H31ClN4O10/c1-17-11-21(41)28(32(43)35(17)33(44)29-24(45-2)14-25(46-3)30(36)31(29)49-35)20(18-6-7-22-23(12-18)48-16-47-22)13-26(42)38-10-8-27-39-34(40-50-27)19-5-4-9-37-15-19/h4-7,9,12,14-15,17,20,43H,8,10-11,13,16H2,1-3H3,(H,38,42). The first kappa shape index (κ1) is 32.9. The molecule has 0 saturated heterocycles. The molecule has 1 amide bonds. The Bertz CT molecular complexity index is 2050. The van der Waals surface area contributed by atoms with Crippen LogP contribution < -0.4 is 29.0 Å². The molecule has 50 heavy (non-hydrogen) atoms. The molecule has 2 N–H and O–H groups in total. The number of hydrogen-bond acceptors (Lipinski definition) is 13. The van der Waals surface area contributed by atoms with Crippen LogP contribution in [0.3, 0.4) is 0 Å². The number of ether oxygens (including phenoxy) is 5. The van der Waals surface area contributed by atoms with E-state index in [1.54, 1.807) is 49.6 Å². The lowest BCUT2D eigenvalue weighted by molar-refractivity contribution is -0.121. The minimum absolute atomic E-state index is 0.00225. The molecule has 3 unspecified atom stereocenters. The van der Waals surface area contributed by atoms with Gasteiger partial charge in [-0.1, -0.05) is 29.7 Å². The van der Waals surface area contributed by atoms with Gasteiger partial charge in [0.15, 0.2) is 28.8 Å². The second-order valence-electron chi connectivity index (χ2n) is 12.0. The molecule has 14 nitrogen and oxygen atoms in total. The molecule has 2 aromatic carbocycles. The number of aliphatic hydroxyl groups excluding tert-OH is 1. The van der Waals surface area contributed by atoms with Gasteiger partial charge in [-0.15, -0.1) is 0 Å². The summed E-state index contributed by atoms with van der Waals surface area (Å²) in [4.78, 5) is 50.2. The van der Waals surface area contributed by atoms with Crippen molar-refractivity contribution >= 4 is 29.1 Å². The number of aliphatic hydroxyl groups is 1. The molecule has 15 heteroatoms. The zero-order valence-electron chi connectivity index (χ0n) is 27.2. The number of allylic oxidation sites excluding steroid dienone is 1. The summed E-state index contributed by atoms with van der Waals surface area (Å²) in [5.41, 5.74) is -0.997. The number of benzene rings is 2. The highest BCUT2D eigenvalue weighted by Gasteiger charge is 2.61. The molecule has 4 heterocycles. The maximum absolute atomic E-state index is 14.3. The molecule has 4 aromatic rings. The Kier molecular flexibility index (Phi) is 8.56. The van der Waals surface area contributed by atoms with Gasteiger partial charge in [0.05, 0.1) is 14.2 Å². The van der Waals surface area contributed by atoms with E-state index in [4.69, 9.17) is 39.8 Å². The number of amides is 1. The minimum atomic E-state index is -2.02. The number of methoxy groups -OCH3 is 2. The predicted octanol–water partition coefficient (Wildman–Crippen LogP) is 4.80. The van der Waals surface area contributed by atoms with E-state index in [-0.39, 0.29) is 66.0 Å². The average molecular weight is 703 g/mol. The molecule has 3 aliphatic rings. The number of halogens is 1. The van der Waals surface area contributed by atoms with E-state index < -0.39 is 40.7 Å². The lowest BCUT2D eigenvalue weighted by atomic mass is 9.69. The van der Waals surface area contributed by atoms with Crippen LogP contribution in [0.15, 0.2) is 64.6 Å². The van der Waals surface area contributed by atoms with Gasteiger partial charge in [-0.2, -0.15) is 4.98 Å². The lowest BCUT2D eigenvalue weighted by Gasteiger charge is -2.38. The molecule has 0 radical (unpaired) electrons. The van der Waals surface area contributed by atoms with Crippen LogP contribution in [-0.4, -0.2) is 70.9 Å². The number of nitrogens with one attached hydrogen (secondary N) is 1. The number of Topliss-reactive ketones (excluding diaryl/α,β-unsaturated/α-hetero) is 2. The van der Waals surface area contributed by atoms with Crippen LogP contribution in [0.25, 0.3) is 11.4 Å². The average Bonchev–Trinajstić information content (AvgIpc) is 3.86. The van der Waals surface area contributed by atoms with Gasteiger partial charge in [0, 0.05) is 67.2 Å². The Labute approximate surface area is 290 Å². The van der Waals surface area contributed by atoms with E-state index in [1.807, 2.05) is 0 Å². The monoisotopic (exact) mass is 702 g/mol. The number of nitrogens with zero attached hydrogens (tertiary/aromatic N) is 3. The normalized spacial score (nSPS) is 19.7. The van der Waals surface area contributed by atoms with Crippen LogP contribution >= 0.6 is 11.6 Å². The summed E-state index contributed by atoms with van der Waals surface area (Å²) in [5, 5.41) is 18.9. The number of fused-ring (bicyclic) bond motifs is 2. The van der Waals surface area contributed by atoms with Crippen LogP contribution in [0.4, 0.5) is 0 Å². The van der Waals surface area contributed by atoms with E-state index in [0.717, 1.165) is 0 Å². The molecule has 7 rings (SSSR count). The van der Waals surface area contributed by atoms with Gasteiger partial charge in [0.25, 0.3) is 0 Å². The summed E-state index contributed by atoms with van der Waals surface area (Å²) in [6, 6.07) is 9.99. The predicted molar refractivity (Wildman–Crippen MR) is 175 cm³/mol. The number of carbonyl (C=O) groups is 3. The van der Waals surface area contributed by atoms with Gasteiger partial charge >= 0.3 is 0 Å². The SMILES string of the molecule is COc1cc(OC)c2c(c1Cl)OC1(C2=O)C(O)=C(C(CC(=O)NCCc2nc(-c3cccnc3)no2)c2ccc3c(c2)OCO3)C(=O)CC1C. The molecular weight excluding hydrogens is 672 g/mol. The molecule has 0 fully saturated rings. The molecule has 258 valence electrons. The molecule has 1 aliphatic carbocycles. The largest absolute Gasteiger partial charge is 0.507 e. The topological polar surface area (TPSA) is 181 Å². The third kappa shape index (κ3) is 5.45. The quantitative estimate of drug-likeness (QED) is 0.230. The Balaban J connectivity index is 1.21. The van der Waals surface area contributed by atoms with Crippen molar-refractivity contribution in [3.05, 3.63) is 82.2 Å². The number of hydrogen-bond donors (Lipinski definition) is 2. The lowest BCUT2D eigenvalue weighted by Crippen LogP contribution is -2.53. The van der Waals surface area contributed by atoms with Gasteiger partial charge in [-0.05, 0) is 29.8 Å². The summed E-state index contributed by atoms with van der Waals surface area (Å²) in [5.74, 6) is -2.13. The van der Waals surface area contributed by atoms with E-state index in [0.29, 0.717) is 34.3 Å². The molecule has 2 aliphatic heterocycles. The third-order valence-electron chi connectivity index (χ3n) is 9.10. The van der Waals surface area contributed by atoms with Crippen molar-refractivity contribution < 1.29 is 47.7 Å². The van der Waals surface area contributed by atoms with Crippen molar-refractivity contribution in [3.8, 4) is 40.1 Å². The van der Waals surface area contributed by atoms with Gasteiger partial charge in [-0.25, -0.2) is 0 Å². The second-order valence-corrected chi connectivity index (χ2v) is 12.4. The Morgan fingerprint density at radius 3 is 2.70 bits per heavy atom. The summed E-state index contributed by atoms with van der Waals surface area (Å²) >= 11 is 6.60. The highest BCUT2D eigenvalue weighted by Crippen LogP contribution is 2.56. The third-order valence-corrected chi connectivity index (χ3v) is 9.46.